The SMILES string of the molecule is CCOC(=O)C(C)(C)c1ccc(C(O)CCCN2CCC(C(O)(c3ccccc3)c3ccccc3)CC2)cc1.Cl. The Morgan fingerprint density at radius 2 is 1.43 bits per heavy atom. The summed E-state index contributed by atoms with van der Waals surface area (Å²) in [5.41, 5.74) is 1.93. The van der Waals surface area contributed by atoms with Gasteiger partial charge in [0.05, 0.1) is 18.1 Å². The fourth-order valence-corrected chi connectivity index (χ4v) is 5.82. The molecule has 40 heavy (non-hydrogen) atoms. The molecule has 1 fully saturated rings. The maximum Gasteiger partial charge on any atom is 0.315 e. The van der Waals surface area contributed by atoms with Crippen LogP contribution >= 0.6 is 12.4 Å². The third kappa shape index (κ3) is 7.13. The maximum atomic E-state index is 12.3. The van der Waals surface area contributed by atoms with E-state index in [1.807, 2.05) is 106 Å². The molecule has 0 saturated carbocycles. The number of carbonyl (C=O) groups excluding carboxylic acids is 1. The van der Waals surface area contributed by atoms with Crippen LogP contribution in [0.25, 0.3) is 0 Å². The fourth-order valence-electron chi connectivity index (χ4n) is 5.82. The molecule has 5 nitrogen and oxygen atoms in total. The lowest BCUT2D eigenvalue weighted by molar-refractivity contribution is -0.148. The first-order valence-corrected chi connectivity index (χ1v) is 14.3. The lowest BCUT2D eigenvalue weighted by atomic mass is 9.72. The monoisotopic (exact) mass is 565 g/mol. The van der Waals surface area contributed by atoms with Crippen LogP contribution < -0.4 is 0 Å². The summed E-state index contributed by atoms with van der Waals surface area (Å²) in [6, 6.07) is 27.8. The molecule has 216 valence electrons. The number of nitrogens with zero attached hydrogens (tertiary/aromatic N) is 1. The molecular formula is C34H44ClNO4. The van der Waals surface area contributed by atoms with Gasteiger partial charge in [-0.25, -0.2) is 0 Å². The third-order valence-electron chi connectivity index (χ3n) is 8.36. The van der Waals surface area contributed by atoms with Gasteiger partial charge < -0.3 is 19.8 Å². The van der Waals surface area contributed by atoms with Gasteiger partial charge in [-0.1, -0.05) is 84.9 Å². The smallest absolute Gasteiger partial charge is 0.315 e. The van der Waals surface area contributed by atoms with Crippen LogP contribution in [-0.4, -0.2) is 47.3 Å². The van der Waals surface area contributed by atoms with Crippen molar-refractivity contribution in [1.29, 1.82) is 0 Å². The predicted molar refractivity (Wildman–Crippen MR) is 163 cm³/mol. The fraction of sp³-hybridized carbons (Fsp3) is 0.441. The third-order valence-corrected chi connectivity index (χ3v) is 8.36. The number of rotatable bonds is 11. The molecule has 4 rings (SSSR count). The highest BCUT2D eigenvalue weighted by molar-refractivity contribution is 5.85. The van der Waals surface area contributed by atoms with Crippen molar-refractivity contribution < 1.29 is 19.7 Å². The Labute approximate surface area is 245 Å². The average Bonchev–Trinajstić information content (AvgIpc) is 2.98. The second-order valence-electron chi connectivity index (χ2n) is 11.2. The minimum Gasteiger partial charge on any atom is -0.465 e. The largest absolute Gasteiger partial charge is 0.465 e. The van der Waals surface area contributed by atoms with Crippen molar-refractivity contribution in [2.24, 2.45) is 5.92 Å². The second-order valence-corrected chi connectivity index (χ2v) is 11.2. The van der Waals surface area contributed by atoms with E-state index in [4.69, 9.17) is 4.74 Å². The minimum absolute atomic E-state index is 0. The van der Waals surface area contributed by atoms with Gasteiger partial charge in [0.1, 0.15) is 5.60 Å². The highest BCUT2D eigenvalue weighted by atomic mass is 35.5. The summed E-state index contributed by atoms with van der Waals surface area (Å²) in [4.78, 5) is 14.8. The summed E-state index contributed by atoms with van der Waals surface area (Å²) >= 11 is 0. The van der Waals surface area contributed by atoms with Crippen LogP contribution in [0.5, 0.6) is 0 Å². The second kappa shape index (κ2) is 14.3. The van der Waals surface area contributed by atoms with Gasteiger partial charge in [0.2, 0.25) is 0 Å². The van der Waals surface area contributed by atoms with Crippen LogP contribution in [0.4, 0.5) is 0 Å². The number of carbonyl (C=O) groups is 1. The van der Waals surface area contributed by atoms with E-state index < -0.39 is 17.1 Å². The molecule has 0 spiro atoms. The van der Waals surface area contributed by atoms with Gasteiger partial charge in [0.15, 0.2) is 0 Å². The molecule has 0 amide bonds. The van der Waals surface area contributed by atoms with Crippen LogP contribution in [0.2, 0.25) is 0 Å². The van der Waals surface area contributed by atoms with Crippen molar-refractivity contribution in [2.45, 2.75) is 63.6 Å². The van der Waals surface area contributed by atoms with Crippen LogP contribution in [-0.2, 0) is 20.5 Å². The molecule has 0 aromatic heterocycles. The Morgan fingerprint density at radius 3 is 1.93 bits per heavy atom. The molecular weight excluding hydrogens is 522 g/mol. The van der Waals surface area contributed by atoms with Gasteiger partial charge in [0, 0.05) is 0 Å². The zero-order valence-electron chi connectivity index (χ0n) is 24.0. The summed E-state index contributed by atoms with van der Waals surface area (Å²) in [5, 5.41) is 22.9. The molecule has 1 aliphatic rings. The Kier molecular flexibility index (Phi) is 11.4. The summed E-state index contributed by atoms with van der Waals surface area (Å²) < 4.78 is 5.21. The van der Waals surface area contributed by atoms with Crippen molar-refractivity contribution in [3.8, 4) is 0 Å². The molecule has 0 bridgehead atoms. The molecule has 1 unspecified atom stereocenters. The lowest BCUT2D eigenvalue weighted by Crippen LogP contribution is -2.44. The summed E-state index contributed by atoms with van der Waals surface area (Å²) in [6.45, 7) is 8.68. The first kappa shape index (κ1) is 31.8. The van der Waals surface area contributed by atoms with Gasteiger partial charge >= 0.3 is 5.97 Å². The number of piperidine rings is 1. The van der Waals surface area contributed by atoms with Gasteiger partial charge in [-0.05, 0) is 94.3 Å². The predicted octanol–water partition coefficient (Wildman–Crippen LogP) is 6.41. The molecule has 1 heterocycles. The number of halogens is 1. The molecule has 1 saturated heterocycles. The topological polar surface area (TPSA) is 70.0 Å². The Morgan fingerprint density at radius 1 is 0.900 bits per heavy atom. The number of aliphatic hydroxyl groups excluding tert-OH is 1. The van der Waals surface area contributed by atoms with Crippen molar-refractivity contribution in [3.63, 3.8) is 0 Å². The number of ether oxygens (including phenoxy) is 1. The number of aliphatic hydroxyl groups is 2. The van der Waals surface area contributed by atoms with Crippen LogP contribution in [0, 0.1) is 5.92 Å². The van der Waals surface area contributed by atoms with Gasteiger partial charge in [0.25, 0.3) is 0 Å². The minimum atomic E-state index is -1.00. The van der Waals surface area contributed by atoms with Crippen molar-refractivity contribution in [1.82, 2.24) is 4.90 Å². The van der Waals surface area contributed by atoms with E-state index in [1.54, 1.807) is 0 Å². The van der Waals surface area contributed by atoms with Crippen molar-refractivity contribution >= 4 is 18.4 Å². The van der Waals surface area contributed by atoms with Crippen LogP contribution in [0.3, 0.4) is 0 Å². The molecule has 3 aromatic carbocycles. The van der Waals surface area contributed by atoms with Gasteiger partial charge in [-0.2, -0.15) is 0 Å². The molecule has 6 heteroatoms. The van der Waals surface area contributed by atoms with E-state index in [9.17, 15) is 15.0 Å². The average molecular weight is 566 g/mol. The number of hydrogen-bond donors (Lipinski definition) is 2. The standard InChI is InChI=1S/C34H43NO4.ClH/c1-4-39-32(37)33(2,3)27-19-17-26(18-20-27)31(36)16-11-23-35-24-21-30(22-25-35)34(38,28-12-7-5-8-13-28)29-14-9-6-10-15-29;/h5-10,12-15,17-20,30-31,36,38H,4,11,16,21-25H2,1-3H3;1H. The zero-order chi connectivity index (χ0) is 27.9. The quantitative estimate of drug-likeness (QED) is 0.263. The van der Waals surface area contributed by atoms with Gasteiger partial charge in [-0.15, -0.1) is 12.4 Å². The number of esters is 1. The molecule has 2 N–H and O–H groups in total. The Bertz CT molecular complexity index is 1140. The zero-order valence-corrected chi connectivity index (χ0v) is 24.8. The van der Waals surface area contributed by atoms with E-state index in [1.165, 1.54) is 0 Å². The Hall–Kier alpha value is -2.70. The van der Waals surface area contributed by atoms with E-state index >= 15 is 0 Å². The number of hydrogen-bond acceptors (Lipinski definition) is 5. The highest BCUT2D eigenvalue weighted by Crippen LogP contribution is 2.42. The van der Waals surface area contributed by atoms with Crippen molar-refractivity contribution in [2.75, 3.05) is 26.2 Å². The Balaban J connectivity index is 0.00000441. The lowest BCUT2D eigenvalue weighted by Gasteiger charge is -2.42. The van der Waals surface area contributed by atoms with Crippen LogP contribution in [0.15, 0.2) is 84.9 Å². The van der Waals surface area contributed by atoms with E-state index in [2.05, 4.69) is 4.90 Å². The van der Waals surface area contributed by atoms with Gasteiger partial charge in [-0.3, -0.25) is 4.79 Å². The molecule has 1 aliphatic heterocycles. The number of likely N-dealkylation sites (tertiary alicyclic amines) is 1. The number of benzene rings is 3. The van der Waals surface area contributed by atoms with E-state index in [0.717, 1.165) is 61.2 Å². The van der Waals surface area contributed by atoms with E-state index in [0.29, 0.717) is 13.0 Å². The molecule has 1 atom stereocenters. The highest BCUT2D eigenvalue weighted by Gasteiger charge is 2.41. The summed E-state index contributed by atoms with van der Waals surface area (Å²) in [5.74, 6) is -0.102. The molecule has 0 radical (unpaired) electrons. The first-order valence-electron chi connectivity index (χ1n) is 14.3. The molecule has 0 aliphatic carbocycles. The first-order chi connectivity index (χ1) is 18.8. The summed E-state index contributed by atoms with van der Waals surface area (Å²) in [6.07, 6.45) is 2.87. The van der Waals surface area contributed by atoms with Crippen LogP contribution in [0.1, 0.15) is 74.8 Å². The maximum absolute atomic E-state index is 12.3. The van der Waals surface area contributed by atoms with Crippen molar-refractivity contribution in [3.05, 3.63) is 107 Å². The summed E-state index contributed by atoms with van der Waals surface area (Å²) in [7, 11) is 0. The normalized spacial score (nSPS) is 15.7. The van der Waals surface area contributed by atoms with E-state index in [-0.39, 0.29) is 24.3 Å². The molecule has 3 aromatic rings.